The molecule has 2 aromatic rings. The number of hydrogen-bond donors (Lipinski definition) is 3. The third-order valence-corrected chi connectivity index (χ3v) is 2.97. The molecule has 0 saturated heterocycles. The van der Waals surface area contributed by atoms with Gasteiger partial charge < -0.3 is 0 Å². The van der Waals surface area contributed by atoms with Crippen molar-refractivity contribution in [2.45, 2.75) is 0 Å². The number of halogens is 1. The highest BCUT2D eigenvalue weighted by molar-refractivity contribution is 6.30. The molecule has 0 aliphatic heterocycles. The molecule has 0 aliphatic rings. The predicted octanol–water partition coefficient (Wildman–Crippen LogP) is 2.69. The lowest BCUT2D eigenvalue weighted by molar-refractivity contribution is 0.893. The molecule has 0 spiro atoms. The minimum absolute atomic E-state index is 0.0964. The Morgan fingerprint density at radius 2 is 1.70 bits per heavy atom. The van der Waals surface area contributed by atoms with E-state index in [9.17, 15) is 0 Å². The molecule has 6 nitrogen and oxygen atoms in total. The van der Waals surface area contributed by atoms with E-state index < -0.39 is 0 Å². The summed E-state index contributed by atoms with van der Waals surface area (Å²) in [4.78, 5) is 0. The molecule has 0 saturated carbocycles. The van der Waals surface area contributed by atoms with Crippen LogP contribution in [0.3, 0.4) is 0 Å². The lowest BCUT2D eigenvalue weighted by Gasteiger charge is -2.01. The van der Waals surface area contributed by atoms with Crippen LogP contribution in [0.15, 0.2) is 58.7 Å². The summed E-state index contributed by atoms with van der Waals surface area (Å²) in [5.41, 5.74) is 6.99. The number of guanidine groups is 1. The number of hydrazone groups is 2. The quantitative estimate of drug-likeness (QED) is 0.458. The molecular weight excluding hydrogens is 312 g/mol. The van der Waals surface area contributed by atoms with Crippen molar-refractivity contribution in [3.63, 3.8) is 0 Å². The molecule has 0 aliphatic carbocycles. The van der Waals surface area contributed by atoms with Crippen molar-refractivity contribution in [1.29, 1.82) is 10.7 Å². The van der Waals surface area contributed by atoms with Crippen LogP contribution >= 0.6 is 11.6 Å². The Labute approximate surface area is 138 Å². The first-order valence-corrected chi connectivity index (χ1v) is 6.98. The highest BCUT2D eigenvalue weighted by Gasteiger charge is 1.96. The average molecular weight is 325 g/mol. The van der Waals surface area contributed by atoms with Crippen LogP contribution in [0.25, 0.3) is 0 Å². The lowest BCUT2D eigenvalue weighted by Crippen LogP contribution is -2.29. The number of nitrogens with zero attached hydrogens (tertiary/aromatic N) is 3. The molecule has 0 unspecified atom stereocenters. The van der Waals surface area contributed by atoms with Crippen molar-refractivity contribution in [2.75, 3.05) is 0 Å². The van der Waals surface area contributed by atoms with Crippen molar-refractivity contribution in [3.05, 3.63) is 70.2 Å². The van der Waals surface area contributed by atoms with Crippen LogP contribution < -0.4 is 10.9 Å². The molecule has 0 fully saturated rings. The largest absolute Gasteiger partial charge is 0.266 e. The van der Waals surface area contributed by atoms with Gasteiger partial charge in [-0.3, -0.25) is 5.41 Å². The van der Waals surface area contributed by atoms with Crippen molar-refractivity contribution in [1.82, 2.24) is 10.9 Å². The Kier molecular flexibility index (Phi) is 5.86. The van der Waals surface area contributed by atoms with Gasteiger partial charge in [0.2, 0.25) is 5.96 Å². The van der Waals surface area contributed by atoms with Crippen LogP contribution in [0, 0.1) is 16.7 Å². The molecule has 0 heterocycles. The van der Waals surface area contributed by atoms with Crippen LogP contribution in [-0.4, -0.2) is 18.4 Å². The van der Waals surface area contributed by atoms with Crippen LogP contribution in [0.5, 0.6) is 0 Å². The fourth-order valence-electron chi connectivity index (χ4n) is 1.62. The first-order chi connectivity index (χ1) is 11.2. The molecular formula is C16H13ClN6. The minimum Gasteiger partial charge on any atom is -0.266 e. The maximum absolute atomic E-state index is 8.95. The average Bonchev–Trinajstić information content (AvgIpc) is 2.57. The first kappa shape index (κ1) is 16.2. The van der Waals surface area contributed by atoms with Gasteiger partial charge in [0.25, 0.3) is 0 Å². The summed E-state index contributed by atoms with van der Waals surface area (Å²) < 4.78 is 0. The third-order valence-electron chi connectivity index (χ3n) is 2.72. The first-order valence-electron chi connectivity index (χ1n) is 6.60. The van der Waals surface area contributed by atoms with Gasteiger partial charge in [-0.2, -0.15) is 15.5 Å². The number of rotatable bonds is 4. The van der Waals surface area contributed by atoms with E-state index in [2.05, 4.69) is 27.1 Å². The topological polar surface area (TPSA) is 96.4 Å². The van der Waals surface area contributed by atoms with Crippen molar-refractivity contribution >= 4 is 30.0 Å². The number of benzene rings is 2. The number of nitriles is 1. The summed E-state index contributed by atoms with van der Waals surface area (Å²) in [5, 5.41) is 25.0. The van der Waals surface area contributed by atoms with Crippen molar-refractivity contribution in [3.8, 4) is 6.07 Å². The summed E-state index contributed by atoms with van der Waals surface area (Å²) >= 11 is 5.79. The van der Waals surface area contributed by atoms with Crippen molar-refractivity contribution in [2.24, 2.45) is 10.2 Å². The number of nitrogens with one attached hydrogen (secondary N) is 3. The Bertz CT molecular complexity index is 774. The second-order valence-corrected chi connectivity index (χ2v) is 4.80. The van der Waals surface area contributed by atoms with E-state index >= 15 is 0 Å². The maximum atomic E-state index is 8.95. The third kappa shape index (κ3) is 5.26. The molecule has 2 aromatic carbocycles. The van der Waals surface area contributed by atoms with Crippen LogP contribution in [0.2, 0.25) is 5.02 Å². The fourth-order valence-corrected chi connectivity index (χ4v) is 1.75. The molecule has 0 atom stereocenters. The summed E-state index contributed by atoms with van der Waals surface area (Å²) in [6.45, 7) is 0. The van der Waals surface area contributed by atoms with E-state index in [-0.39, 0.29) is 5.96 Å². The fraction of sp³-hybridized carbons (Fsp3) is 0. The maximum Gasteiger partial charge on any atom is 0.230 e. The molecule has 3 N–H and O–H groups in total. The van der Waals surface area contributed by atoms with Crippen molar-refractivity contribution < 1.29 is 0 Å². The van der Waals surface area contributed by atoms with E-state index in [0.717, 1.165) is 5.56 Å². The molecule has 23 heavy (non-hydrogen) atoms. The normalized spacial score (nSPS) is 10.6. The van der Waals surface area contributed by atoms with Gasteiger partial charge >= 0.3 is 0 Å². The second-order valence-electron chi connectivity index (χ2n) is 4.37. The Morgan fingerprint density at radius 3 is 2.39 bits per heavy atom. The molecule has 2 rings (SSSR count). The van der Waals surface area contributed by atoms with Gasteiger partial charge in [-0.05, 0) is 23.8 Å². The zero-order valence-corrected chi connectivity index (χ0v) is 12.7. The van der Waals surface area contributed by atoms with E-state index in [0.29, 0.717) is 16.1 Å². The summed E-state index contributed by atoms with van der Waals surface area (Å²) in [7, 11) is 0. The predicted molar refractivity (Wildman–Crippen MR) is 91.8 cm³/mol. The van der Waals surface area contributed by atoms with Crippen LogP contribution in [0.1, 0.15) is 16.7 Å². The lowest BCUT2D eigenvalue weighted by atomic mass is 10.1. The van der Waals surface area contributed by atoms with E-state index in [4.69, 9.17) is 22.3 Å². The van der Waals surface area contributed by atoms with Crippen LogP contribution in [0.4, 0.5) is 0 Å². The van der Waals surface area contributed by atoms with Gasteiger partial charge in [0.05, 0.1) is 24.1 Å². The Balaban J connectivity index is 1.84. The van der Waals surface area contributed by atoms with Gasteiger partial charge in [0, 0.05) is 10.6 Å². The van der Waals surface area contributed by atoms with Gasteiger partial charge in [-0.15, -0.1) is 0 Å². The monoisotopic (exact) mass is 324 g/mol. The minimum atomic E-state index is -0.0964. The molecule has 0 bridgehead atoms. The van der Waals surface area contributed by atoms with Gasteiger partial charge in [-0.25, -0.2) is 10.9 Å². The van der Waals surface area contributed by atoms with E-state index in [1.54, 1.807) is 36.5 Å². The highest BCUT2D eigenvalue weighted by atomic mass is 35.5. The highest BCUT2D eigenvalue weighted by Crippen LogP contribution is 2.07. The summed E-state index contributed by atoms with van der Waals surface area (Å²) in [6.07, 6.45) is 3.03. The standard InChI is InChI=1S/C16H13ClN6/c17-15-7-5-12(6-8-15)10-20-22-16(19)23-21-11-14-4-2-1-3-13(14)9-18/h1-8,10-11H,(H3,19,22,23)/b20-10+,21-11+. The summed E-state index contributed by atoms with van der Waals surface area (Å²) in [5.74, 6) is -0.0964. The van der Waals surface area contributed by atoms with E-state index in [1.807, 2.05) is 18.2 Å². The Hall–Kier alpha value is -3.17. The molecule has 0 aromatic heterocycles. The smallest absolute Gasteiger partial charge is 0.230 e. The van der Waals surface area contributed by atoms with Gasteiger partial charge in [-0.1, -0.05) is 41.9 Å². The van der Waals surface area contributed by atoms with Gasteiger partial charge in [0.1, 0.15) is 0 Å². The second kappa shape index (κ2) is 8.32. The summed E-state index contributed by atoms with van der Waals surface area (Å²) in [6, 6.07) is 16.2. The molecule has 7 heteroatoms. The molecule has 114 valence electrons. The molecule has 0 amide bonds. The molecule has 0 radical (unpaired) electrons. The van der Waals surface area contributed by atoms with Crippen LogP contribution in [-0.2, 0) is 0 Å². The SMILES string of the molecule is N#Cc1ccccc1/C=N/NC(=N)N/N=C/c1ccc(Cl)cc1. The zero-order valence-electron chi connectivity index (χ0n) is 12.0. The Morgan fingerprint density at radius 1 is 1.04 bits per heavy atom. The van der Waals surface area contributed by atoms with E-state index in [1.165, 1.54) is 6.21 Å². The zero-order chi connectivity index (χ0) is 16.5. The van der Waals surface area contributed by atoms with Gasteiger partial charge in [0.15, 0.2) is 0 Å². The number of hydrogen-bond acceptors (Lipinski definition) is 4.